The van der Waals surface area contributed by atoms with E-state index in [0.717, 1.165) is 0 Å². The van der Waals surface area contributed by atoms with E-state index in [2.05, 4.69) is 0 Å². The van der Waals surface area contributed by atoms with Gasteiger partial charge in [0, 0.05) is 6.92 Å². The van der Waals surface area contributed by atoms with Crippen LogP contribution in [0.5, 0.6) is 0 Å². The first kappa shape index (κ1) is 10.7. The largest absolute Gasteiger partial charge is 0.278 e. The Morgan fingerprint density at radius 2 is 1.45 bits per heavy atom. The summed E-state index contributed by atoms with van der Waals surface area (Å²) in [7, 11) is 0. The SMILES string of the molecule is CC(F)C(F)C(F)C(C)(F)F. The van der Waals surface area contributed by atoms with Gasteiger partial charge in [-0.05, 0) is 6.92 Å². The predicted octanol–water partition coefficient (Wildman–Crippen LogP) is 2.68. The fraction of sp³-hybridized carbons (Fsp3) is 1.00. The topological polar surface area (TPSA) is 0 Å². The zero-order valence-corrected chi connectivity index (χ0v) is 6.12. The molecule has 0 rings (SSSR count). The third-order valence-corrected chi connectivity index (χ3v) is 1.20. The summed E-state index contributed by atoms with van der Waals surface area (Å²) in [5.74, 6) is -3.82. The third kappa shape index (κ3) is 3.03. The molecule has 0 heterocycles. The van der Waals surface area contributed by atoms with Crippen molar-refractivity contribution in [2.24, 2.45) is 0 Å². The van der Waals surface area contributed by atoms with Gasteiger partial charge in [-0.1, -0.05) is 0 Å². The zero-order chi connectivity index (χ0) is 9.23. The van der Waals surface area contributed by atoms with Crippen LogP contribution >= 0.6 is 0 Å². The molecule has 0 radical (unpaired) electrons. The highest BCUT2D eigenvalue weighted by molar-refractivity contribution is 4.82. The highest BCUT2D eigenvalue weighted by Crippen LogP contribution is 2.27. The lowest BCUT2D eigenvalue weighted by Crippen LogP contribution is -2.38. The van der Waals surface area contributed by atoms with Crippen molar-refractivity contribution in [3.63, 3.8) is 0 Å². The van der Waals surface area contributed by atoms with Gasteiger partial charge in [-0.15, -0.1) is 0 Å². The van der Waals surface area contributed by atoms with Crippen molar-refractivity contribution in [1.82, 2.24) is 0 Å². The average molecular weight is 176 g/mol. The maximum absolute atomic E-state index is 12.2. The highest BCUT2D eigenvalue weighted by atomic mass is 19.3. The summed E-state index contributed by atoms with van der Waals surface area (Å²) in [5.41, 5.74) is 0. The van der Waals surface area contributed by atoms with Crippen molar-refractivity contribution in [1.29, 1.82) is 0 Å². The fourth-order valence-electron chi connectivity index (χ4n) is 0.512. The lowest BCUT2D eigenvalue weighted by atomic mass is 10.1. The quantitative estimate of drug-likeness (QED) is 0.580. The van der Waals surface area contributed by atoms with E-state index in [-0.39, 0.29) is 6.92 Å². The minimum absolute atomic E-state index is 0.215. The molecule has 0 nitrogen and oxygen atoms in total. The van der Waals surface area contributed by atoms with E-state index < -0.39 is 24.4 Å². The Balaban J connectivity index is 4.13. The molecule has 0 spiro atoms. The summed E-state index contributed by atoms with van der Waals surface area (Å²) < 4.78 is 60.2. The second kappa shape index (κ2) is 3.36. The van der Waals surface area contributed by atoms with Gasteiger partial charge in [0.1, 0.15) is 6.17 Å². The average Bonchev–Trinajstić information content (AvgIpc) is 1.82. The zero-order valence-electron chi connectivity index (χ0n) is 6.12. The monoisotopic (exact) mass is 176 g/mol. The van der Waals surface area contributed by atoms with Gasteiger partial charge in [0.25, 0.3) is 5.92 Å². The fourth-order valence-corrected chi connectivity index (χ4v) is 0.512. The molecule has 0 aliphatic carbocycles. The normalized spacial score (nSPS) is 21.0. The first-order valence-corrected chi connectivity index (χ1v) is 3.07. The Hall–Kier alpha value is -0.350. The molecule has 3 unspecified atom stereocenters. The first-order chi connectivity index (χ1) is 4.76. The summed E-state index contributed by atoms with van der Waals surface area (Å²) >= 11 is 0. The lowest BCUT2D eigenvalue weighted by Gasteiger charge is -2.19. The van der Waals surface area contributed by atoms with Gasteiger partial charge < -0.3 is 0 Å². The van der Waals surface area contributed by atoms with Gasteiger partial charge in [-0.3, -0.25) is 0 Å². The first-order valence-electron chi connectivity index (χ1n) is 3.07. The molecule has 0 aliphatic rings. The van der Waals surface area contributed by atoms with Gasteiger partial charge in [0.15, 0.2) is 12.3 Å². The van der Waals surface area contributed by atoms with Crippen LogP contribution in [0.4, 0.5) is 22.0 Å². The van der Waals surface area contributed by atoms with E-state index in [4.69, 9.17) is 0 Å². The molecule has 11 heavy (non-hydrogen) atoms. The summed E-state index contributed by atoms with van der Waals surface area (Å²) in [4.78, 5) is 0. The summed E-state index contributed by atoms with van der Waals surface area (Å²) in [6.45, 7) is 0.912. The number of alkyl halides is 5. The summed E-state index contributed by atoms with van der Waals surface area (Å²) in [5, 5.41) is 0. The van der Waals surface area contributed by atoms with Crippen LogP contribution in [0.15, 0.2) is 0 Å². The van der Waals surface area contributed by atoms with Crippen LogP contribution in [-0.4, -0.2) is 24.4 Å². The molecule has 0 amide bonds. The minimum Gasteiger partial charge on any atom is -0.244 e. The Morgan fingerprint density at radius 3 is 1.55 bits per heavy atom. The van der Waals surface area contributed by atoms with Crippen LogP contribution in [-0.2, 0) is 0 Å². The van der Waals surface area contributed by atoms with Crippen molar-refractivity contribution < 1.29 is 22.0 Å². The van der Waals surface area contributed by atoms with Crippen molar-refractivity contribution >= 4 is 0 Å². The van der Waals surface area contributed by atoms with Crippen LogP contribution in [0.25, 0.3) is 0 Å². The van der Waals surface area contributed by atoms with Gasteiger partial charge >= 0.3 is 0 Å². The van der Waals surface area contributed by atoms with Crippen LogP contribution < -0.4 is 0 Å². The predicted molar refractivity (Wildman–Crippen MR) is 31.0 cm³/mol. The maximum atomic E-state index is 12.2. The molecule has 3 atom stereocenters. The van der Waals surface area contributed by atoms with Gasteiger partial charge in [0.2, 0.25) is 0 Å². The molecule has 68 valence electrons. The van der Waals surface area contributed by atoms with Crippen molar-refractivity contribution in [2.75, 3.05) is 0 Å². The molecule has 0 aromatic rings. The molecule has 0 saturated heterocycles. The Morgan fingerprint density at radius 1 is 1.09 bits per heavy atom. The third-order valence-electron chi connectivity index (χ3n) is 1.20. The van der Waals surface area contributed by atoms with Gasteiger partial charge in [0.05, 0.1) is 0 Å². The number of halogens is 5. The van der Waals surface area contributed by atoms with Crippen LogP contribution in [0.3, 0.4) is 0 Å². The van der Waals surface area contributed by atoms with Crippen molar-refractivity contribution in [2.45, 2.75) is 38.3 Å². The molecular weight excluding hydrogens is 167 g/mol. The molecule has 0 saturated carbocycles. The molecule has 0 aromatic heterocycles. The Labute approximate surface area is 61.4 Å². The Kier molecular flexibility index (Phi) is 3.26. The van der Waals surface area contributed by atoms with Crippen molar-refractivity contribution in [3.8, 4) is 0 Å². The molecule has 0 N–H and O–H groups in total. The molecule has 0 aliphatic heterocycles. The molecule has 5 heteroatoms. The van der Waals surface area contributed by atoms with E-state index in [1.807, 2.05) is 0 Å². The number of hydrogen-bond donors (Lipinski definition) is 0. The van der Waals surface area contributed by atoms with Crippen LogP contribution in [0.2, 0.25) is 0 Å². The molecule has 0 fully saturated rings. The van der Waals surface area contributed by atoms with E-state index in [1.165, 1.54) is 0 Å². The van der Waals surface area contributed by atoms with E-state index >= 15 is 0 Å². The van der Waals surface area contributed by atoms with Crippen molar-refractivity contribution in [3.05, 3.63) is 0 Å². The highest BCUT2D eigenvalue weighted by Gasteiger charge is 2.43. The molecule has 0 bridgehead atoms. The maximum Gasteiger partial charge on any atom is 0.278 e. The lowest BCUT2D eigenvalue weighted by molar-refractivity contribution is -0.0962. The molecular formula is C6H9F5. The second-order valence-electron chi connectivity index (χ2n) is 2.48. The summed E-state index contributed by atoms with van der Waals surface area (Å²) in [6, 6.07) is 0. The molecule has 0 aromatic carbocycles. The van der Waals surface area contributed by atoms with E-state index in [0.29, 0.717) is 6.92 Å². The van der Waals surface area contributed by atoms with Crippen LogP contribution in [0.1, 0.15) is 13.8 Å². The van der Waals surface area contributed by atoms with E-state index in [1.54, 1.807) is 0 Å². The Bertz CT molecular complexity index is 117. The smallest absolute Gasteiger partial charge is 0.244 e. The van der Waals surface area contributed by atoms with Crippen LogP contribution in [0, 0.1) is 0 Å². The summed E-state index contributed by atoms with van der Waals surface area (Å²) in [6.07, 6.45) is -8.03. The standard InChI is InChI=1S/C6H9F5/c1-3(7)4(8)5(9)6(2,10)11/h3-5H,1-2H3. The second-order valence-corrected chi connectivity index (χ2v) is 2.48. The number of hydrogen-bond acceptors (Lipinski definition) is 0. The van der Waals surface area contributed by atoms with E-state index in [9.17, 15) is 22.0 Å². The number of rotatable bonds is 3. The minimum atomic E-state index is -3.82. The van der Waals surface area contributed by atoms with Gasteiger partial charge in [-0.25, -0.2) is 22.0 Å². The van der Waals surface area contributed by atoms with Gasteiger partial charge in [-0.2, -0.15) is 0 Å².